The minimum absolute atomic E-state index is 0.517. The van der Waals surface area contributed by atoms with Crippen molar-refractivity contribution in [1.82, 2.24) is 9.94 Å². The van der Waals surface area contributed by atoms with Crippen LogP contribution in [0, 0.1) is 6.20 Å². The van der Waals surface area contributed by atoms with Gasteiger partial charge in [-0.25, -0.2) is 0 Å². The second-order valence-corrected chi connectivity index (χ2v) is 3.42. The molecule has 14 heavy (non-hydrogen) atoms. The van der Waals surface area contributed by atoms with Crippen LogP contribution in [0.1, 0.15) is 0 Å². The van der Waals surface area contributed by atoms with E-state index >= 15 is 0 Å². The summed E-state index contributed by atoms with van der Waals surface area (Å²) in [6.45, 7) is 0. The molecule has 0 atom stereocenters. The zero-order valence-electron chi connectivity index (χ0n) is 6.95. The molecule has 0 unspecified atom stereocenters. The van der Waals surface area contributed by atoms with Crippen LogP contribution in [0.5, 0.6) is 5.75 Å². The molecule has 0 N–H and O–H groups in total. The van der Waals surface area contributed by atoms with Gasteiger partial charge in [0.15, 0.2) is 5.75 Å². The summed E-state index contributed by atoms with van der Waals surface area (Å²) >= 11 is 11.6. The van der Waals surface area contributed by atoms with E-state index in [9.17, 15) is 0 Å². The Hall–Kier alpha value is -1.19. The van der Waals surface area contributed by atoms with Gasteiger partial charge < -0.3 is 4.84 Å². The number of halogens is 2. The Labute approximate surface area is 90.8 Å². The lowest BCUT2D eigenvalue weighted by molar-refractivity contribution is 0.178. The van der Waals surface area contributed by atoms with Crippen molar-refractivity contribution in [2.45, 2.75) is 0 Å². The first-order valence-electron chi connectivity index (χ1n) is 3.80. The summed E-state index contributed by atoms with van der Waals surface area (Å²) in [6, 6.07) is 6.56. The van der Waals surface area contributed by atoms with Gasteiger partial charge in [0.25, 0.3) is 0 Å². The Kier molecular flexibility index (Phi) is 2.61. The van der Waals surface area contributed by atoms with E-state index in [0.29, 0.717) is 15.8 Å². The number of hydrogen-bond acceptors (Lipinski definition) is 2. The monoisotopic (exact) mass is 227 g/mol. The van der Waals surface area contributed by atoms with Crippen LogP contribution in [0.25, 0.3) is 0 Å². The van der Waals surface area contributed by atoms with Gasteiger partial charge in [-0.2, -0.15) is 0 Å². The summed E-state index contributed by atoms with van der Waals surface area (Å²) in [5.41, 5.74) is 0. The van der Waals surface area contributed by atoms with Crippen LogP contribution in [-0.2, 0) is 0 Å². The number of aromatic nitrogens is 2. The van der Waals surface area contributed by atoms with E-state index in [2.05, 4.69) is 11.3 Å². The molecular formula is C9H5Cl2N2O. The smallest absolute Gasteiger partial charge is 0.160 e. The Morgan fingerprint density at radius 2 is 1.93 bits per heavy atom. The van der Waals surface area contributed by atoms with E-state index in [-0.39, 0.29) is 0 Å². The van der Waals surface area contributed by atoms with Gasteiger partial charge in [-0.1, -0.05) is 28.0 Å². The Morgan fingerprint density at radius 1 is 1.21 bits per heavy atom. The number of rotatable bonds is 2. The van der Waals surface area contributed by atoms with Gasteiger partial charge >= 0.3 is 0 Å². The third-order valence-corrected chi connectivity index (χ3v) is 1.90. The summed E-state index contributed by atoms with van der Waals surface area (Å²) in [5, 5.41) is 4.79. The molecule has 0 amide bonds. The Balaban J connectivity index is 2.25. The second kappa shape index (κ2) is 3.90. The van der Waals surface area contributed by atoms with Crippen LogP contribution in [0.15, 0.2) is 30.5 Å². The van der Waals surface area contributed by atoms with E-state index in [1.54, 1.807) is 30.5 Å². The van der Waals surface area contributed by atoms with Crippen molar-refractivity contribution in [1.29, 1.82) is 0 Å². The van der Waals surface area contributed by atoms with Crippen molar-refractivity contribution in [2.24, 2.45) is 0 Å². The zero-order chi connectivity index (χ0) is 9.97. The zero-order valence-corrected chi connectivity index (χ0v) is 8.46. The molecule has 0 aliphatic heterocycles. The van der Waals surface area contributed by atoms with E-state index in [1.807, 2.05) is 0 Å². The maximum absolute atomic E-state index is 5.79. The molecule has 71 valence electrons. The summed E-state index contributed by atoms with van der Waals surface area (Å²) in [6.07, 6.45) is 4.22. The lowest BCUT2D eigenvalue weighted by atomic mass is 10.3. The van der Waals surface area contributed by atoms with E-state index in [1.165, 1.54) is 4.85 Å². The normalized spacial score (nSPS) is 10.1. The lowest BCUT2D eigenvalue weighted by Gasteiger charge is -2.04. The third kappa shape index (κ3) is 2.19. The molecule has 0 fully saturated rings. The van der Waals surface area contributed by atoms with Crippen molar-refractivity contribution in [3.05, 3.63) is 46.7 Å². The van der Waals surface area contributed by atoms with Crippen molar-refractivity contribution >= 4 is 23.2 Å². The quantitative estimate of drug-likeness (QED) is 0.790. The van der Waals surface area contributed by atoms with E-state index in [0.717, 1.165) is 0 Å². The molecule has 0 aliphatic carbocycles. The van der Waals surface area contributed by atoms with Gasteiger partial charge in [0.05, 0.1) is 6.20 Å². The molecule has 2 rings (SSSR count). The largest absolute Gasteiger partial charge is 0.358 e. The minimum atomic E-state index is 0.517. The van der Waals surface area contributed by atoms with Gasteiger partial charge in [-0.15, -0.1) is 5.10 Å². The molecule has 2 aromatic rings. The molecule has 5 heteroatoms. The highest BCUT2D eigenvalue weighted by Gasteiger charge is 2.00. The average molecular weight is 228 g/mol. The molecule has 1 aromatic carbocycles. The van der Waals surface area contributed by atoms with Gasteiger partial charge in [0.1, 0.15) is 6.20 Å². The predicted molar refractivity (Wildman–Crippen MR) is 53.6 cm³/mol. The molecular weight excluding hydrogens is 223 g/mol. The van der Waals surface area contributed by atoms with Crippen molar-refractivity contribution in [2.75, 3.05) is 0 Å². The summed E-state index contributed by atoms with van der Waals surface area (Å²) < 4.78 is 0. The molecule has 1 aromatic heterocycles. The molecule has 0 aliphatic rings. The van der Waals surface area contributed by atoms with Crippen molar-refractivity contribution < 1.29 is 4.84 Å². The van der Waals surface area contributed by atoms with Crippen molar-refractivity contribution in [3.8, 4) is 5.75 Å². The van der Waals surface area contributed by atoms with Gasteiger partial charge in [0.2, 0.25) is 0 Å². The van der Waals surface area contributed by atoms with Crippen LogP contribution in [0.2, 0.25) is 10.0 Å². The van der Waals surface area contributed by atoms with E-state index in [4.69, 9.17) is 28.0 Å². The standard InChI is InChI=1S/C9H5Cl2N2O/c10-7-4-8(11)6-9(5-7)14-13-3-1-2-12-13/h1,3-6H. The highest BCUT2D eigenvalue weighted by molar-refractivity contribution is 6.34. The molecule has 1 heterocycles. The molecule has 0 saturated carbocycles. The first-order chi connectivity index (χ1) is 6.74. The predicted octanol–water partition coefficient (Wildman–Crippen LogP) is 2.83. The summed E-state index contributed by atoms with van der Waals surface area (Å²) in [4.78, 5) is 6.55. The molecule has 1 radical (unpaired) electrons. The first kappa shape index (κ1) is 9.37. The second-order valence-electron chi connectivity index (χ2n) is 2.54. The Morgan fingerprint density at radius 3 is 2.50 bits per heavy atom. The fourth-order valence-electron chi connectivity index (χ4n) is 0.961. The highest BCUT2D eigenvalue weighted by atomic mass is 35.5. The maximum atomic E-state index is 5.79. The molecule has 0 bridgehead atoms. The molecule has 0 saturated heterocycles. The lowest BCUT2D eigenvalue weighted by Crippen LogP contribution is -2.04. The van der Waals surface area contributed by atoms with Crippen LogP contribution < -0.4 is 4.84 Å². The first-order valence-corrected chi connectivity index (χ1v) is 4.56. The fraction of sp³-hybridized carbons (Fsp3) is 0. The third-order valence-electron chi connectivity index (χ3n) is 1.47. The maximum Gasteiger partial charge on any atom is 0.160 e. The van der Waals surface area contributed by atoms with Gasteiger partial charge in [-0.3, -0.25) is 0 Å². The number of benzene rings is 1. The van der Waals surface area contributed by atoms with Crippen LogP contribution in [-0.4, -0.2) is 9.94 Å². The Bertz CT molecular complexity index is 408. The van der Waals surface area contributed by atoms with Crippen molar-refractivity contribution in [3.63, 3.8) is 0 Å². The van der Waals surface area contributed by atoms with Crippen LogP contribution >= 0.6 is 23.2 Å². The minimum Gasteiger partial charge on any atom is -0.358 e. The molecule has 0 spiro atoms. The number of hydrogen-bond donors (Lipinski definition) is 0. The van der Waals surface area contributed by atoms with Gasteiger partial charge in [-0.05, 0) is 12.1 Å². The van der Waals surface area contributed by atoms with E-state index < -0.39 is 0 Å². The van der Waals surface area contributed by atoms with Crippen LogP contribution in [0.3, 0.4) is 0 Å². The van der Waals surface area contributed by atoms with Crippen LogP contribution in [0.4, 0.5) is 0 Å². The topological polar surface area (TPSA) is 27.1 Å². The van der Waals surface area contributed by atoms with Gasteiger partial charge in [0, 0.05) is 22.2 Å². The SMILES string of the molecule is Clc1cc(Cl)cc(On2cc[c]n2)c1. The number of nitrogens with zero attached hydrogens (tertiary/aromatic N) is 2. The fourth-order valence-corrected chi connectivity index (χ4v) is 1.47. The molecule has 3 nitrogen and oxygen atoms in total. The summed E-state index contributed by atoms with van der Waals surface area (Å²) in [7, 11) is 0. The summed E-state index contributed by atoms with van der Waals surface area (Å²) in [5.74, 6) is 0.527. The highest BCUT2D eigenvalue weighted by Crippen LogP contribution is 2.24. The average Bonchev–Trinajstić information content (AvgIpc) is 2.54.